The van der Waals surface area contributed by atoms with Crippen LogP contribution < -0.4 is 0 Å². The summed E-state index contributed by atoms with van der Waals surface area (Å²) < 4.78 is 15.0. The second-order valence-corrected chi connectivity index (χ2v) is 15.6. The molecule has 6 aliphatic rings. The Labute approximate surface area is 266 Å². The smallest absolute Gasteiger partial charge is 0.164 e. The third-order valence-corrected chi connectivity index (χ3v) is 13.5. The second kappa shape index (κ2) is 11.3. The van der Waals surface area contributed by atoms with Gasteiger partial charge in [-0.25, -0.2) is 4.39 Å². The molecular weight excluding hydrogens is 581 g/mol. The summed E-state index contributed by atoms with van der Waals surface area (Å²) in [6.07, 6.45) is 11.2. The minimum absolute atomic E-state index is 0.0190. The third-order valence-electron chi connectivity index (χ3n) is 13.1. The monoisotopic (exact) mass is 629 g/mol. The molecule has 6 nitrogen and oxygen atoms in total. The summed E-state index contributed by atoms with van der Waals surface area (Å²) in [4.78, 5) is 16.6. The zero-order valence-corrected chi connectivity index (χ0v) is 27.1. The van der Waals surface area contributed by atoms with Crippen molar-refractivity contribution >= 4 is 17.4 Å². The third kappa shape index (κ3) is 4.55. The van der Waals surface area contributed by atoms with E-state index in [2.05, 4.69) is 43.9 Å². The maximum absolute atomic E-state index is 15.0. The summed E-state index contributed by atoms with van der Waals surface area (Å²) in [5.41, 5.74) is -1.87. The molecule has 9 atom stereocenters. The van der Waals surface area contributed by atoms with Crippen LogP contribution in [0, 0.1) is 39.3 Å². The average Bonchev–Trinajstić information content (AvgIpc) is 3.24. The van der Waals surface area contributed by atoms with E-state index in [1.54, 1.807) is 12.1 Å². The van der Waals surface area contributed by atoms with Gasteiger partial charge in [0.2, 0.25) is 0 Å². The highest BCUT2D eigenvalue weighted by molar-refractivity contribution is 6.31. The maximum atomic E-state index is 15.0. The van der Waals surface area contributed by atoms with Gasteiger partial charge in [0, 0.05) is 51.9 Å². The Morgan fingerprint density at radius 2 is 1.82 bits per heavy atom. The fourth-order valence-electron chi connectivity index (χ4n) is 10.9. The van der Waals surface area contributed by atoms with Gasteiger partial charge in [-0.3, -0.25) is 9.69 Å². The van der Waals surface area contributed by atoms with Crippen molar-refractivity contribution in [2.24, 2.45) is 33.5 Å². The molecule has 4 N–H and O–H groups in total. The fraction of sp³-hybridized carbons (Fsp3) is 0.694. The molecule has 0 heterocycles. The van der Waals surface area contributed by atoms with Crippen molar-refractivity contribution < 1.29 is 29.6 Å². The number of halogens is 2. The molecule has 242 valence electrons. The molecule has 0 aromatic heterocycles. The Morgan fingerprint density at radius 1 is 1.11 bits per heavy atom. The number of aliphatic hydroxyl groups excluding tert-OH is 3. The van der Waals surface area contributed by atoms with E-state index in [1.807, 2.05) is 0 Å². The molecule has 1 aromatic carbocycles. The van der Waals surface area contributed by atoms with Crippen LogP contribution in [0.5, 0.6) is 0 Å². The Morgan fingerprint density at radius 3 is 2.52 bits per heavy atom. The molecule has 2 spiro atoms. The molecule has 0 saturated heterocycles. The van der Waals surface area contributed by atoms with Gasteiger partial charge in [0.1, 0.15) is 5.82 Å². The summed E-state index contributed by atoms with van der Waals surface area (Å²) in [5, 5.41) is 43.5. The van der Waals surface area contributed by atoms with E-state index in [0.717, 1.165) is 38.5 Å². The number of rotatable bonds is 10. The molecule has 0 amide bonds. The van der Waals surface area contributed by atoms with Crippen LogP contribution in [-0.2, 0) is 11.2 Å². The molecule has 3 saturated carbocycles. The van der Waals surface area contributed by atoms with Crippen LogP contribution in [0.3, 0.4) is 0 Å². The summed E-state index contributed by atoms with van der Waals surface area (Å²) in [7, 11) is 0. The van der Waals surface area contributed by atoms with Crippen LogP contribution in [0.15, 0.2) is 42.0 Å². The highest BCUT2D eigenvalue weighted by atomic mass is 35.5. The summed E-state index contributed by atoms with van der Waals surface area (Å²) in [5.74, 6) is -0.491. The van der Waals surface area contributed by atoms with Crippen molar-refractivity contribution in [2.45, 2.75) is 96.4 Å². The van der Waals surface area contributed by atoms with Gasteiger partial charge in [-0.15, -0.1) is 0 Å². The summed E-state index contributed by atoms with van der Waals surface area (Å²) in [6, 6.07) is 4.51. The first-order valence-electron chi connectivity index (χ1n) is 16.6. The maximum Gasteiger partial charge on any atom is 0.164 e. The first-order valence-corrected chi connectivity index (χ1v) is 17.0. The Bertz CT molecular complexity index is 1350. The van der Waals surface area contributed by atoms with E-state index in [-0.39, 0.29) is 53.2 Å². The SMILES string of the molecule is CCCN(CC(O)CO)CC1(O)CCC2C34C=CC5(C=C3C(=O)Cc3c(F)cccc3Cl)CC(O)CCC5(C)C4CCC21C. The molecule has 44 heavy (non-hydrogen) atoms. The lowest BCUT2D eigenvalue weighted by Crippen LogP contribution is -2.67. The van der Waals surface area contributed by atoms with Gasteiger partial charge in [-0.05, 0) is 87.3 Å². The van der Waals surface area contributed by atoms with Crippen LogP contribution in [0.1, 0.15) is 77.7 Å². The minimum atomic E-state index is -1.05. The number of nitrogens with zero attached hydrogens (tertiary/aromatic N) is 1. The largest absolute Gasteiger partial charge is 0.394 e. The van der Waals surface area contributed by atoms with Crippen molar-refractivity contribution in [1.82, 2.24) is 4.90 Å². The van der Waals surface area contributed by atoms with Crippen LogP contribution in [0.4, 0.5) is 4.39 Å². The quantitative estimate of drug-likeness (QED) is 0.264. The van der Waals surface area contributed by atoms with Crippen LogP contribution in [0.2, 0.25) is 5.02 Å². The number of hydrogen-bond acceptors (Lipinski definition) is 6. The second-order valence-electron chi connectivity index (χ2n) is 15.2. The van der Waals surface area contributed by atoms with E-state index in [4.69, 9.17) is 11.6 Å². The molecule has 7 rings (SSSR count). The van der Waals surface area contributed by atoms with Gasteiger partial charge in [0.05, 0.1) is 24.4 Å². The van der Waals surface area contributed by atoms with E-state index >= 15 is 0 Å². The van der Waals surface area contributed by atoms with Gasteiger partial charge < -0.3 is 20.4 Å². The molecule has 8 heteroatoms. The minimum Gasteiger partial charge on any atom is -0.394 e. The predicted octanol–water partition coefficient (Wildman–Crippen LogP) is 5.25. The number of carbonyl (C=O) groups is 1. The van der Waals surface area contributed by atoms with Gasteiger partial charge in [0.25, 0.3) is 0 Å². The first-order chi connectivity index (χ1) is 20.8. The number of Topliss-reactive ketones (excluding diaryl/α,β-unsaturated/α-hetero) is 1. The van der Waals surface area contributed by atoms with Gasteiger partial charge in [-0.1, -0.05) is 56.7 Å². The molecule has 2 bridgehead atoms. The number of fused-ring (bicyclic) bond motifs is 1. The molecule has 9 unspecified atom stereocenters. The van der Waals surface area contributed by atoms with Gasteiger partial charge in [-0.2, -0.15) is 0 Å². The van der Waals surface area contributed by atoms with E-state index in [1.165, 1.54) is 6.07 Å². The van der Waals surface area contributed by atoms with Crippen molar-refractivity contribution in [3.63, 3.8) is 0 Å². The van der Waals surface area contributed by atoms with Gasteiger partial charge >= 0.3 is 0 Å². The number of ketones is 1. The van der Waals surface area contributed by atoms with Crippen molar-refractivity contribution in [3.8, 4) is 0 Å². The number of hydrogen-bond donors (Lipinski definition) is 4. The predicted molar refractivity (Wildman–Crippen MR) is 169 cm³/mol. The van der Waals surface area contributed by atoms with Crippen LogP contribution in [0.25, 0.3) is 0 Å². The van der Waals surface area contributed by atoms with Crippen molar-refractivity contribution in [2.75, 3.05) is 26.2 Å². The number of carbonyl (C=O) groups excluding carboxylic acids is 1. The van der Waals surface area contributed by atoms with Crippen molar-refractivity contribution in [3.05, 3.63) is 58.4 Å². The zero-order chi connectivity index (χ0) is 31.7. The topological polar surface area (TPSA) is 101 Å². The molecule has 6 aliphatic carbocycles. The highest BCUT2D eigenvalue weighted by Crippen LogP contribution is 2.78. The average molecular weight is 630 g/mol. The standard InChI is InChI=1S/C36H49ClFNO5/c1-4-16-39(20-24(42)21-40)22-35(44)13-10-31-33(35,3)12-9-30-32(2)11-8-23(41)18-34(32)14-15-36(30,31)26(19-34)29(43)17-25-27(37)6-5-7-28(25)38/h5-7,14-15,19,23-24,30-31,40-42,44H,4,8-13,16-18,20-22H2,1-3H3. The lowest BCUT2D eigenvalue weighted by Gasteiger charge is -2.71. The molecule has 0 radical (unpaired) electrons. The van der Waals surface area contributed by atoms with E-state index in [9.17, 15) is 29.6 Å². The van der Waals surface area contributed by atoms with Crippen molar-refractivity contribution in [1.29, 1.82) is 0 Å². The Balaban J connectivity index is 1.44. The van der Waals surface area contributed by atoms with Gasteiger partial charge in [0.15, 0.2) is 5.78 Å². The van der Waals surface area contributed by atoms with E-state index < -0.39 is 39.9 Å². The molecule has 0 aliphatic heterocycles. The van der Waals surface area contributed by atoms with Crippen LogP contribution >= 0.6 is 11.6 Å². The number of allylic oxidation sites excluding steroid dienone is 4. The molecule has 1 aromatic rings. The Kier molecular flexibility index (Phi) is 8.29. The lowest BCUT2D eigenvalue weighted by molar-refractivity contribution is -0.179. The normalized spacial score (nSPS) is 41.2. The zero-order valence-electron chi connectivity index (χ0n) is 26.4. The summed E-state index contributed by atoms with van der Waals surface area (Å²) >= 11 is 6.42. The summed E-state index contributed by atoms with van der Waals surface area (Å²) in [6.45, 7) is 7.65. The lowest BCUT2D eigenvalue weighted by atomic mass is 9.32. The highest BCUT2D eigenvalue weighted by Gasteiger charge is 2.74. The van der Waals surface area contributed by atoms with Crippen LogP contribution in [-0.4, -0.2) is 75.2 Å². The number of benzene rings is 1. The first kappa shape index (κ1) is 32.3. The number of aliphatic hydroxyl groups is 4. The van der Waals surface area contributed by atoms with E-state index in [0.29, 0.717) is 31.5 Å². The Hall–Kier alpha value is -1.61. The molecular formula is C36H49ClFNO5. The molecule has 3 fully saturated rings. The fourth-order valence-corrected chi connectivity index (χ4v) is 11.1.